The Morgan fingerprint density at radius 1 is 1.26 bits per heavy atom. The van der Waals surface area contributed by atoms with Crippen molar-refractivity contribution in [2.24, 2.45) is 11.7 Å². The second-order valence-corrected chi connectivity index (χ2v) is 8.71. The van der Waals surface area contributed by atoms with Crippen LogP contribution in [0.25, 0.3) is 10.9 Å². The lowest BCUT2D eigenvalue weighted by Gasteiger charge is -2.33. The molecule has 1 unspecified atom stereocenters. The number of anilines is 1. The third-order valence-corrected chi connectivity index (χ3v) is 6.51. The fraction of sp³-hybridized carbons (Fsp3) is 0.409. The van der Waals surface area contributed by atoms with E-state index in [2.05, 4.69) is 25.9 Å². The number of aryl methyl sites for hydroxylation is 1. The van der Waals surface area contributed by atoms with Crippen LogP contribution in [0.4, 0.5) is 5.69 Å². The molecule has 0 spiro atoms. The Kier molecular flexibility index (Phi) is 5.44. The number of hydrogen-bond acceptors (Lipinski definition) is 8. The summed E-state index contributed by atoms with van der Waals surface area (Å²) in [5, 5.41) is 13.5. The number of benzene rings is 1. The number of carbonyl (C=O) groups excluding carboxylic acids is 3. The van der Waals surface area contributed by atoms with Gasteiger partial charge in [0.25, 0.3) is 5.56 Å². The first-order valence-electron chi connectivity index (χ1n) is 11.1. The standard InChI is InChI=1S/C22H24N8O4/c1-11-24-19-15(22(34)30(11)17-5-6-18(31)26-21(17)33)3-2-4-16(19)25-20(32)12-7-14(8-12)29-10-13(9-23)27-28-29/h2-4,10,12,14,17H,5-9,23H2,1H3,(H,25,32)(H,26,31,33). The molecule has 2 aliphatic rings. The van der Waals surface area contributed by atoms with Crippen molar-refractivity contribution in [3.8, 4) is 0 Å². The summed E-state index contributed by atoms with van der Waals surface area (Å²) in [7, 11) is 0. The molecule has 3 heterocycles. The molecule has 1 saturated heterocycles. The molecule has 3 amide bonds. The highest BCUT2D eigenvalue weighted by atomic mass is 16.2. The monoisotopic (exact) mass is 464 g/mol. The van der Waals surface area contributed by atoms with Crippen molar-refractivity contribution >= 4 is 34.3 Å². The third kappa shape index (κ3) is 3.75. The second kappa shape index (κ2) is 8.45. The van der Waals surface area contributed by atoms with E-state index in [4.69, 9.17) is 5.73 Å². The molecule has 1 aromatic carbocycles. The number of piperidine rings is 1. The maximum atomic E-state index is 13.3. The van der Waals surface area contributed by atoms with Crippen LogP contribution < -0.4 is 21.9 Å². The average Bonchev–Trinajstić information content (AvgIpc) is 3.23. The molecule has 34 heavy (non-hydrogen) atoms. The van der Waals surface area contributed by atoms with Crippen molar-refractivity contribution in [1.29, 1.82) is 0 Å². The number of nitrogens with zero attached hydrogens (tertiary/aromatic N) is 5. The highest BCUT2D eigenvalue weighted by Gasteiger charge is 2.37. The minimum Gasteiger partial charge on any atom is -0.325 e. The summed E-state index contributed by atoms with van der Waals surface area (Å²) in [6.07, 6.45) is 3.43. The molecular formula is C22H24N8O4. The Balaban J connectivity index is 1.36. The van der Waals surface area contributed by atoms with Crippen molar-refractivity contribution in [3.63, 3.8) is 0 Å². The van der Waals surface area contributed by atoms with Gasteiger partial charge in [-0.25, -0.2) is 9.67 Å². The molecule has 1 atom stereocenters. The summed E-state index contributed by atoms with van der Waals surface area (Å²) in [6, 6.07) is 4.27. The largest absolute Gasteiger partial charge is 0.325 e. The molecule has 3 aromatic rings. The number of nitrogens with two attached hydrogens (primary N) is 1. The van der Waals surface area contributed by atoms with E-state index in [-0.39, 0.29) is 42.0 Å². The highest BCUT2D eigenvalue weighted by molar-refractivity contribution is 6.02. The van der Waals surface area contributed by atoms with Crippen molar-refractivity contribution in [2.45, 2.75) is 51.2 Å². The zero-order chi connectivity index (χ0) is 24.0. The van der Waals surface area contributed by atoms with Gasteiger partial charge in [0.2, 0.25) is 17.7 Å². The lowest BCUT2D eigenvalue weighted by molar-refractivity contribution is -0.135. The van der Waals surface area contributed by atoms with E-state index in [0.29, 0.717) is 42.1 Å². The van der Waals surface area contributed by atoms with Crippen LogP contribution in [0, 0.1) is 12.8 Å². The lowest BCUT2D eigenvalue weighted by Crippen LogP contribution is -2.45. The summed E-state index contributed by atoms with van der Waals surface area (Å²) >= 11 is 0. The molecule has 2 aromatic heterocycles. The molecule has 2 fully saturated rings. The fourth-order valence-corrected chi connectivity index (χ4v) is 4.56. The second-order valence-electron chi connectivity index (χ2n) is 8.71. The lowest BCUT2D eigenvalue weighted by atomic mass is 9.79. The number of aromatic nitrogens is 5. The highest BCUT2D eigenvalue weighted by Crippen LogP contribution is 2.38. The SMILES string of the molecule is Cc1nc2c(NC(=O)C3CC(n4cc(CN)nn4)C3)cccc2c(=O)n1C1CCC(=O)NC1=O. The van der Waals surface area contributed by atoms with E-state index in [1.165, 1.54) is 4.57 Å². The van der Waals surface area contributed by atoms with Gasteiger partial charge in [-0.1, -0.05) is 11.3 Å². The zero-order valence-electron chi connectivity index (χ0n) is 18.5. The maximum absolute atomic E-state index is 13.3. The van der Waals surface area contributed by atoms with E-state index >= 15 is 0 Å². The van der Waals surface area contributed by atoms with Crippen LogP contribution in [-0.2, 0) is 20.9 Å². The van der Waals surface area contributed by atoms with Gasteiger partial charge in [-0.3, -0.25) is 29.1 Å². The zero-order valence-corrected chi connectivity index (χ0v) is 18.5. The molecule has 1 aliphatic heterocycles. The summed E-state index contributed by atoms with van der Waals surface area (Å²) in [5.74, 6) is -0.892. The van der Waals surface area contributed by atoms with Crippen molar-refractivity contribution in [3.05, 3.63) is 46.3 Å². The Hall–Kier alpha value is -3.93. The number of hydrogen-bond donors (Lipinski definition) is 3. The molecule has 1 aliphatic carbocycles. The first-order valence-corrected chi connectivity index (χ1v) is 11.1. The Bertz CT molecular complexity index is 1370. The van der Waals surface area contributed by atoms with Crippen LogP contribution in [0.2, 0.25) is 0 Å². The Labute approximate surface area is 193 Å². The number of fused-ring (bicyclic) bond motifs is 1. The number of imide groups is 1. The summed E-state index contributed by atoms with van der Waals surface area (Å²) in [6.45, 7) is 1.95. The summed E-state index contributed by atoms with van der Waals surface area (Å²) in [5.41, 5.74) is 6.68. The molecule has 176 valence electrons. The third-order valence-electron chi connectivity index (χ3n) is 6.51. The van der Waals surface area contributed by atoms with Gasteiger partial charge in [0.1, 0.15) is 17.4 Å². The van der Waals surface area contributed by atoms with Gasteiger partial charge in [-0.15, -0.1) is 5.10 Å². The van der Waals surface area contributed by atoms with Gasteiger partial charge >= 0.3 is 0 Å². The Morgan fingerprint density at radius 2 is 2.06 bits per heavy atom. The number of carbonyl (C=O) groups is 3. The van der Waals surface area contributed by atoms with Gasteiger partial charge in [0.15, 0.2) is 0 Å². The van der Waals surface area contributed by atoms with E-state index in [1.807, 2.05) is 0 Å². The van der Waals surface area contributed by atoms with Crippen LogP contribution in [0.15, 0.2) is 29.2 Å². The van der Waals surface area contributed by atoms with Crippen molar-refractivity contribution in [1.82, 2.24) is 29.9 Å². The van der Waals surface area contributed by atoms with Gasteiger partial charge in [0, 0.05) is 18.9 Å². The van der Waals surface area contributed by atoms with Crippen molar-refractivity contribution < 1.29 is 14.4 Å². The van der Waals surface area contributed by atoms with Gasteiger partial charge in [-0.05, 0) is 38.3 Å². The Morgan fingerprint density at radius 3 is 2.76 bits per heavy atom. The van der Waals surface area contributed by atoms with Crippen LogP contribution in [0.1, 0.15) is 49.3 Å². The maximum Gasteiger partial charge on any atom is 0.262 e. The molecule has 1 saturated carbocycles. The molecule has 0 bridgehead atoms. The van der Waals surface area contributed by atoms with Crippen LogP contribution in [0.3, 0.4) is 0 Å². The topological polar surface area (TPSA) is 167 Å². The van der Waals surface area contributed by atoms with E-state index in [9.17, 15) is 19.2 Å². The van der Waals surface area contributed by atoms with Gasteiger partial charge in [0.05, 0.1) is 29.0 Å². The number of nitrogens with one attached hydrogen (secondary N) is 2. The minimum atomic E-state index is -0.802. The van der Waals surface area contributed by atoms with Gasteiger partial charge < -0.3 is 11.1 Å². The predicted molar refractivity (Wildman–Crippen MR) is 120 cm³/mol. The number of amides is 3. The smallest absolute Gasteiger partial charge is 0.262 e. The van der Waals surface area contributed by atoms with E-state index in [0.717, 1.165) is 0 Å². The molecular weight excluding hydrogens is 440 g/mol. The summed E-state index contributed by atoms with van der Waals surface area (Å²) < 4.78 is 3.06. The molecule has 12 heteroatoms. The number of rotatable bonds is 5. The van der Waals surface area contributed by atoms with Crippen LogP contribution in [-0.4, -0.2) is 42.3 Å². The summed E-state index contributed by atoms with van der Waals surface area (Å²) in [4.78, 5) is 54.5. The van der Waals surface area contributed by atoms with Gasteiger partial charge in [-0.2, -0.15) is 0 Å². The minimum absolute atomic E-state index is 0.0946. The first-order chi connectivity index (χ1) is 16.4. The fourth-order valence-electron chi connectivity index (χ4n) is 4.56. The van der Waals surface area contributed by atoms with E-state index in [1.54, 1.807) is 36.0 Å². The van der Waals surface area contributed by atoms with E-state index < -0.39 is 17.5 Å². The molecule has 12 nitrogen and oxygen atoms in total. The van der Waals surface area contributed by atoms with Crippen molar-refractivity contribution in [2.75, 3.05) is 5.32 Å². The number of para-hydroxylation sites is 1. The predicted octanol–water partition coefficient (Wildman–Crippen LogP) is 0.323. The van der Waals surface area contributed by atoms with Crippen LogP contribution >= 0.6 is 0 Å². The molecule has 0 radical (unpaired) electrons. The molecule has 4 N–H and O–H groups in total. The normalized spacial score (nSPS) is 22.4. The first kappa shape index (κ1) is 21.9. The van der Waals surface area contributed by atoms with Crippen LogP contribution in [0.5, 0.6) is 0 Å². The quantitative estimate of drug-likeness (QED) is 0.454. The average molecular weight is 464 g/mol. The molecule has 5 rings (SSSR count).